The van der Waals surface area contributed by atoms with Crippen LogP contribution in [0.5, 0.6) is 23.0 Å². The molecule has 0 radical (unpaired) electrons. The molecule has 1 atom stereocenters. The molecule has 0 N–H and O–H groups in total. The fraction of sp³-hybridized carbons (Fsp3) is 0.250. The lowest BCUT2D eigenvalue weighted by atomic mass is 9.95. The van der Waals surface area contributed by atoms with Crippen molar-refractivity contribution in [2.75, 3.05) is 21.3 Å². The van der Waals surface area contributed by atoms with Gasteiger partial charge in [0.15, 0.2) is 27.8 Å². The van der Waals surface area contributed by atoms with Gasteiger partial charge in [0.05, 0.1) is 43.2 Å². The van der Waals surface area contributed by atoms with E-state index in [1.807, 2.05) is 0 Å². The molecule has 12 heteroatoms. The lowest BCUT2D eigenvalue weighted by molar-refractivity contribution is -0.136. The zero-order chi connectivity index (χ0) is 29.1. The van der Waals surface area contributed by atoms with E-state index in [1.54, 1.807) is 43.3 Å². The number of allylic oxidation sites excluding steroid dienone is 1. The van der Waals surface area contributed by atoms with E-state index in [1.165, 1.54) is 45.8 Å². The molecule has 0 aliphatic carbocycles. The van der Waals surface area contributed by atoms with Crippen molar-refractivity contribution in [3.8, 4) is 23.0 Å². The van der Waals surface area contributed by atoms with Gasteiger partial charge in [0.1, 0.15) is 0 Å². The maximum atomic E-state index is 13.8. The van der Waals surface area contributed by atoms with Gasteiger partial charge in [-0.05, 0) is 48.4 Å². The number of benzene rings is 2. The van der Waals surface area contributed by atoms with Gasteiger partial charge < -0.3 is 23.7 Å². The Balaban J connectivity index is 1.91. The normalized spacial score (nSPS) is 14.7. The molecule has 0 unspecified atom stereocenters. The van der Waals surface area contributed by atoms with Crippen molar-refractivity contribution in [1.82, 2.24) is 4.57 Å². The van der Waals surface area contributed by atoms with Crippen molar-refractivity contribution in [2.45, 2.75) is 26.8 Å². The average Bonchev–Trinajstić information content (AvgIpc) is 3.21. The van der Waals surface area contributed by atoms with Gasteiger partial charge in [0.2, 0.25) is 0 Å². The highest BCUT2D eigenvalue weighted by Crippen LogP contribution is 2.36. The molecular weight excluding hydrogens is 540 g/mol. The van der Waals surface area contributed by atoms with Crippen LogP contribution in [0.3, 0.4) is 0 Å². The van der Waals surface area contributed by atoms with Crippen molar-refractivity contribution in [3.05, 3.63) is 78.5 Å². The first kappa shape index (κ1) is 28.3. The number of aromatic nitrogens is 1. The van der Waals surface area contributed by atoms with Crippen molar-refractivity contribution >= 4 is 35.3 Å². The summed E-state index contributed by atoms with van der Waals surface area (Å²) in [6, 6.07) is 8.77. The Hall–Kier alpha value is -4.71. The van der Waals surface area contributed by atoms with Gasteiger partial charge in [-0.25, -0.2) is 9.79 Å². The molecule has 3 aromatic rings. The Labute approximate surface area is 232 Å². The molecule has 0 fully saturated rings. The molecule has 0 saturated carbocycles. The summed E-state index contributed by atoms with van der Waals surface area (Å²) in [5.41, 5.74) is 1.30. The van der Waals surface area contributed by atoms with Gasteiger partial charge >= 0.3 is 17.9 Å². The first-order valence-electron chi connectivity index (χ1n) is 11.9. The second kappa shape index (κ2) is 11.6. The zero-order valence-electron chi connectivity index (χ0n) is 22.6. The lowest BCUT2D eigenvalue weighted by Gasteiger charge is -2.25. The quantitative estimate of drug-likeness (QED) is 0.312. The second-order valence-electron chi connectivity index (χ2n) is 8.58. The molecular formula is C28H26N2O9S. The van der Waals surface area contributed by atoms with E-state index in [4.69, 9.17) is 23.7 Å². The Morgan fingerprint density at radius 3 is 2.08 bits per heavy atom. The fourth-order valence-electron chi connectivity index (χ4n) is 4.27. The van der Waals surface area contributed by atoms with Crippen LogP contribution in [0.25, 0.3) is 6.08 Å². The van der Waals surface area contributed by atoms with Gasteiger partial charge in [-0.2, -0.15) is 0 Å². The molecule has 1 aliphatic rings. The van der Waals surface area contributed by atoms with Crippen molar-refractivity contribution < 1.29 is 38.1 Å². The summed E-state index contributed by atoms with van der Waals surface area (Å²) in [7, 11) is 4.11. The minimum Gasteiger partial charge on any atom is -0.493 e. The molecule has 4 rings (SSSR count). The third-order valence-corrected chi connectivity index (χ3v) is 6.91. The molecule has 0 saturated heterocycles. The molecule has 1 aromatic heterocycles. The third-order valence-electron chi connectivity index (χ3n) is 5.92. The van der Waals surface area contributed by atoms with E-state index in [9.17, 15) is 19.2 Å². The minimum absolute atomic E-state index is 0.177. The van der Waals surface area contributed by atoms with Gasteiger partial charge in [-0.15, -0.1) is 0 Å². The molecule has 11 nitrogen and oxygen atoms in total. The van der Waals surface area contributed by atoms with Gasteiger partial charge in [0, 0.05) is 13.8 Å². The SMILES string of the molecule is COC(=O)C1=C(C)N=c2s/c(=C/c3ccc(OC(C)=O)c(OC)c3)c(=O)n2[C@H]1c1ccc(OC(C)=O)c(OC)c1. The number of hydrogen-bond donors (Lipinski definition) is 0. The largest absolute Gasteiger partial charge is 0.493 e. The third kappa shape index (κ3) is 5.52. The number of carbonyl (C=O) groups is 3. The van der Waals surface area contributed by atoms with Gasteiger partial charge in [0.25, 0.3) is 5.56 Å². The van der Waals surface area contributed by atoms with Crippen LogP contribution in [0.4, 0.5) is 0 Å². The van der Waals surface area contributed by atoms with Crippen LogP contribution in [0.2, 0.25) is 0 Å². The van der Waals surface area contributed by atoms with Crippen LogP contribution >= 0.6 is 11.3 Å². The Bertz CT molecular complexity index is 1730. The number of hydrogen-bond acceptors (Lipinski definition) is 11. The van der Waals surface area contributed by atoms with E-state index in [-0.39, 0.29) is 22.8 Å². The average molecular weight is 567 g/mol. The Morgan fingerprint density at radius 1 is 0.900 bits per heavy atom. The number of fused-ring (bicyclic) bond motifs is 1. The topological polar surface area (TPSA) is 132 Å². The summed E-state index contributed by atoms with van der Waals surface area (Å²) in [6.45, 7) is 4.22. The van der Waals surface area contributed by atoms with E-state index in [0.717, 1.165) is 11.3 Å². The molecule has 208 valence electrons. The van der Waals surface area contributed by atoms with E-state index < -0.39 is 29.5 Å². The number of nitrogens with zero attached hydrogens (tertiary/aromatic N) is 2. The molecule has 40 heavy (non-hydrogen) atoms. The maximum Gasteiger partial charge on any atom is 0.338 e. The van der Waals surface area contributed by atoms with Crippen LogP contribution < -0.4 is 33.8 Å². The Kier molecular flexibility index (Phi) is 8.19. The number of methoxy groups -OCH3 is 3. The summed E-state index contributed by atoms with van der Waals surface area (Å²) in [5, 5.41) is 0. The van der Waals surface area contributed by atoms with Crippen molar-refractivity contribution in [3.63, 3.8) is 0 Å². The molecule has 0 spiro atoms. The smallest absolute Gasteiger partial charge is 0.338 e. The van der Waals surface area contributed by atoms with Crippen LogP contribution in [-0.2, 0) is 19.1 Å². The Morgan fingerprint density at radius 2 is 1.50 bits per heavy atom. The monoisotopic (exact) mass is 566 g/mol. The highest BCUT2D eigenvalue weighted by atomic mass is 32.1. The van der Waals surface area contributed by atoms with Crippen LogP contribution in [0, 0.1) is 0 Å². The number of esters is 3. The predicted octanol–water partition coefficient (Wildman–Crippen LogP) is 2.28. The predicted molar refractivity (Wildman–Crippen MR) is 144 cm³/mol. The minimum atomic E-state index is -0.896. The number of thiazole rings is 1. The number of ether oxygens (including phenoxy) is 5. The van der Waals surface area contributed by atoms with Crippen LogP contribution in [-0.4, -0.2) is 43.8 Å². The van der Waals surface area contributed by atoms with Gasteiger partial charge in [-0.3, -0.25) is 19.0 Å². The molecule has 1 aliphatic heterocycles. The summed E-state index contributed by atoms with van der Waals surface area (Å²) < 4.78 is 27.9. The van der Waals surface area contributed by atoms with E-state index >= 15 is 0 Å². The fourth-order valence-corrected chi connectivity index (χ4v) is 5.31. The molecule has 0 bridgehead atoms. The summed E-state index contributed by atoms with van der Waals surface area (Å²) in [5.74, 6) is -0.659. The van der Waals surface area contributed by atoms with Crippen LogP contribution in [0.15, 0.2) is 57.5 Å². The van der Waals surface area contributed by atoms with Gasteiger partial charge in [-0.1, -0.05) is 23.5 Å². The number of carbonyl (C=O) groups excluding carboxylic acids is 3. The molecule has 2 aromatic carbocycles. The second-order valence-corrected chi connectivity index (χ2v) is 9.59. The molecule has 2 heterocycles. The summed E-state index contributed by atoms with van der Waals surface area (Å²) in [4.78, 5) is 54.5. The van der Waals surface area contributed by atoms with Crippen LogP contribution in [0.1, 0.15) is 37.9 Å². The lowest BCUT2D eigenvalue weighted by Crippen LogP contribution is -2.39. The maximum absolute atomic E-state index is 13.8. The van der Waals surface area contributed by atoms with E-state index in [0.29, 0.717) is 31.9 Å². The number of rotatable bonds is 7. The first-order chi connectivity index (χ1) is 19.1. The van der Waals surface area contributed by atoms with Crippen molar-refractivity contribution in [2.24, 2.45) is 4.99 Å². The van der Waals surface area contributed by atoms with Crippen molar-refractivity contribution in [1.29, 1.82) is 0 Å². The summed E-state index contributed by atoms with van der Waals surface area (Å²) in [6.07, 6.45) is 1.66. The summed E-state index contributed by atoms with van der Waals surface area (Å²) >= 11 is 1.15. The first-order valence-corrected chi connectivity index (χ1v) is 12.7. The molecule has 0 amide bonds. The standard InChI is InChI=1S/C28H26N2O9S/c1-14-24(27(34)37-6)25(18-8-10-20(39-16(3)32)22(13-18)36-5)30-26(33)23(40-28(30)29-14)12-17-7-9-19(38-15(2)31)21(11-17)35-4/h7-13,25H,1-6H3/b23-12+/t25-/m0/s1. The highest BCUT2D eigenvalue weighted by Gasteiger charge is 2.33. The highest BCUT2D eigenvalue weighted by molar-refractivity contribution is 7.07. The van der Waals surface area contributed by atoms with E-state index in [2.05, 4.69) is 4.99 Å². The zero-order valence-corrected chi connectivity index (χ0v) is 23.4.